The van der Waals surface area contributed by atoms with Crippen molar-refractivity contribution in [3.05, 3.63) is 54.4 Å². The molecule has 116 valence electrons. The molecule has 0 fully saturated rings. The molecular formula is C17H20N2O3. The maximum atomic E-state index is 12.3. The third-order valence-electron chi connectivity index (χ3n) is 3.19. The van der Waals surface area contributed by atoms with Crippen LogP contribution in [-0.2, 0) is 11.3 Å². The Morgan fingerprint density at radius 1 is 1.23 bits per heavy atom. The van der Waals surface area contributed by atoms with E-state index < -0.39 is 6.10 Å². The Labute approximate surface area is 130 Å². The number of hydrogen-bond acceptors (Lipinski definition) is 4. The summed E-state index contributed by atoms with van der Waals surface area (Å²) in [5, 5.41) is 2.86. The van der Waals surface area contributed by atoms with Crippen LogP contribution in [-0.4, -0.2) is 24.1 Å². The van der Waals surface area contributed by atoms with Crippen molar-refractivity contribution >= 4 is 5.91 Å². The van der Waals surface area contributed by atoms with Crippen LogP contribution in [0.1, 0.15) is 18.9 Å². The van der Waals surface area contributed by atoms with Crippen LogP contribution in [0.3, 0.4) is 0 Å². The van der Waals surface area contributed by atoms with Gasteiger partial charge in [0, 0.05) is 18.9 Å². The molecule has 5 heteroatoms. The molecule has 1 heterocycles. The molecule has 1 aromatic heterocycles. The standard InChI is InChI=1S/C17H20N2O3/c1-3-14(22-16-9-5-4-8-15(16)21-2)17(20)19-12-13-7-6-10-18-11-13/h4-11,14H,3,12H2,1-2H3,(H,19,20). The molecule has 0 aliphatic carbocycles. The molecule has 1 atom stereocenters. The van der Waals surface area contributed by atoms with Crippen LogP contribution in [0.5, 0.6) is 11.5 Å². The Bertz CT molecular complexity index is 602. The van der Waals surface area contributed by atoms with Gasteiger partial charge in [0.05, 0.1) is 7.11 Å². The molecule has 2 aromatic rings. The quantitative estimate of drug-likeness (QED) is 0.853. The largest absolute Gasteiger partial charge is 0.493 e. The molecule has 1 N–H and O–H groups in total. The molecule has 1 unspecified atom stereocenters. The monoisotopic (exact) mass is 300 g/mol. The van der Waals surface area contributed by atoms with Crippen LogP contribution in [0.25, 0.3) is 0 Å². The number of benzene rings is 1. The molecule has 1 amide bonds. The number of para-hydroxylation sites is 2. The average Bonchev–Trinajstić information content (AvgIpc) is 2.58. The minimum Gasteiger partial charge on any atom is -0.493 e. The van der Waals surface area contributed by atoms with Crippen molar-refractivity contribution < 1.29 is 14.3 Å². The van der Waals surface area contributed by atoms with Crippen LogP contribution < -0.4 is 14.8 Å². The van der Waals surface area contributed by atoms with E-state index in [1.54, 1.807) is 31.6 Å². The molecule has 22 heavy (non-hydrogen) atoms. The molecule has 0 bridgehead atoms. The predicted molar refractivity (Wildman–Crippen MR) is 83.8 cm³/mol. The van der Waals surface area contributed by atoms with Gasteiger partial charge in [-0.05, 0) is 30.2 Å². The summed E-state index contributed by atoms with van der Waals surface area (Å²) in [5.74, 6) is 1.02. The number of carbonyl (C=O) groups excluding carboxylic acids is 1. The van der Waals surface area contributed by atoms with Crippen LogP contribution in [0.2, 0.25) is 0 Å². The van der Waals surface area contributed by atoms with Crippen LogP contribution >= 0.6 is 0 Å². The lowest BCUT2D eigenvalue weighted by atomic mass is 10.2. The van der Waals surface area contributed by atoms with Gasteiger partial charge in [0.1, 0.15) is 0 Å². The fourth-order valence-corrected chi connectivity index (χ4v) is 2.00. The summed E-state index contributed by atoms with van der Waals surface area (Å²) in [6.45, 7) is 2.34. The van der Waals surface area contributed by atoms with Crippen molar-refractivity contribution in [3.8, 4) is 11.5 Å². The van der Waals surface area contributed by atoms with Crippen LogP contribution in [0, 0.1) is 0 Å². The van der Waals surface area contributed by atoms with E-state index in [1.807, 2.05) is 31.2 Å². The van der Waals surface area contributed by atoms with Gasteiger partial charge in [0.15, 0.2) is 17.6 Å². The number of rotatable bonds is 7. The van der Waals surface area contributed by atoms with Gasteiger partial charge < -0.3 is 14.8 Å². The Kier molecular flexibility index (Phi) is 5.77. The van der Waals surface area contributed by atoms with Gasteiger partial charge in [0.25, 0.3) is 5.91 Å². The van der Waals surface area contributed by atoms with Crippen molar-refractivity contribution in [2.45, 2.75) is 26.0 Å². The molecule has 0 aliphatic rings. The summed E-state index contributed by atoms with van der Waals surface area (Å²) in [7, 11) is 1.58. The van der Waals surface area contributed by atoms with E-state index in [2.05, 4.69) is 10.3 Å². The molecule has 2 rings (SSSR count). The third-order valence-corrected chi connectivity index (χ3v) is 3.19. The first-order valence-electron chi connectivity index (χ1n) is 7.21. The summed E-state index contributed by atoms with van der Waals surface area (Å²) >= 11 is 0. The summed E-state index contributed by atoms with van der Waals surface area (Å²) in [4.78, 5) is 16.3. The first-order valence-corrected chi connectivity index (χ1v) is 7.21. The Hall–Kier alpha value is -2.56. The summed E-state index contributed by atoms with van der Waals surface area (Å²) in [6.07, 6.45) is 3.43. The second-order valence-corrected chi connectivity index (χ2v) is 4.74. The van der Waals surface area contributed by atoms with E-state index in [0.717, 1.165) is 5.56 Å². The summed E-state index contributed by atoms with van der Waals surface area (Å²) < 4.78 is 11.0. The Morgan fingerprint density at radius 3 is 2.64 bits per heavy atom. The minimum atomic E-state index is -0.562. The van der Waals surface area contributed by atoms with Crippen molar-refractivity contribution in [2.75, 3.05) is 7.11 Å². The van der Waals surface area contributed by atoms with E-state index in [0.29, 0.717) is 24.5 Å². The number of hydrogen-bond donors (Lipinski definition) is 1. The number of carbonyl (C=O) groups is 1. The molecule has 0 saturated heterocycles. The van der Waals surface area contributed by atoms with Gasteiger partial charge in [-0.15, -0.1) is 0 Å². The Morgan fingerprint density at radius 2 is 2.00 bits per heavy atom. The topological polar surface area (TPSA) is 60.5 Å². The van der Waals surface area contributed by atoms with Crippen LogP contribution in [0.4, 0.5) is 0 Å². The highest BCUT2D eigenvalue weighted by atomic mass is 16.5. The van der Waals surface area contributed by atoms with E-state index in [1.165, 1.54) is 0 Å². The van der Waals surface area contributed by atoms with Crippen LogP contribution in [0.15, 0.2) is 48.8 Å². The maximum Gasteiger partial charge on any atom is 0.261 e. The molecular weight excluding hydrogens is 280 g/mol. The molecule has 5 nitrogen and oxygen atoms in total. The highest BCUT2D eigenvalue weighted by Gasteiger charge is 2.19. The van der Waals surface area contributed by atoms with E-state index >= 15 is 0 Å². The van der Waals surface area contributed by atoms with E-state index in [4.69, 9.17) is 9.47 Å². The lowest BCUT2D eigenvalue weighted by Crippen LogP contribution is -2.37. The smallest absolute Gasteiger partial charge is 0.261 e. The van der Waals surface area contributed by atoms with Gasteiger partial charge in [-0.25, -0.2) is 0 Å². The highest BCUT2D eigenvalue weighted by molar-refractivity contribution is 5.81. The van der Waals surface area contributed by atoms with Crippen molar-refractivity contribution in [2.24, 2.45) is 0 Å². The van der Waals surface area contributed by atoms with E-state index in [-0.39, 0.29) is 5.91 Å². The first-order chi connectivity index (χ1) is 10.7. The molecule has 0 aliphatic heterocycles. The van der Waals surface area contributed by atoms with Crippen molar-refractivity contribution in [1.82, 2.24) is 10.3 Å². The predicted octanol–water partition coefficient (Wildman–Crippen LogP) is 2.56. The second kappa shape index (κ2) is 8.02. The number of ether oxygens (including phenoxy) is 2. The molecule has 0 saturated carbocycles. The maximum absolute atomic E-state index is 12.3. The Balaban J connectivity index is 1.97. The SMILES string of the molecule is CCC(Oc1ccccc1OC)C(=O)NCc1cccnc1. The number of nitrogens with one attached hydrogen (secondary N) is 1. The number of pyridine rings is 1. The molecule has 0 radical (unpaired) electrons. The van der Waals surface area contributed by atoms with Crippen molar-refractivity contribution in [3.63, 3.8) is 0 Å². The zero-order valence-electron chi connectivity index (χ0n) is 12.8. The molecule has 0 spiro atoms. The second-order valence-electron chi connectivity index (χ2n) is 4.74. The number of amides is 1. The fraction of sp³-hybridized carbons (Fsp3) is 0.294. The summed E-state index contributed by atoms with van der Waals surface area (Å²) in [6, 6.07) is 11.0. The average molecular weight is 300 g/mol. The van der Waals surface area contributed by atoms with Gasteiger partial charge in [0.2, 0.25) is 0 Å². The van der Waals surface area contributed by atoms with Gasteiger partial charge >= 0.3 is 0 Å². The number of nitrogens with zero attached hydrogens (tertiary/aromatic N) is 1. The third kappa shape index (κ3) is 4.22. The number of methoxy groups -OCH3 is 1. The first kappa shape index (κ1) is 15.8. The normalized spacial score (nSPS) is 11.5. The zero-order valence-corrected chi connectivity index (χ0v) is 12.8. The van der Waals surface area contributed by atoms with Gasteiger partial charge in [-0.3, -0.25) is 9.78 Å². The van der Waals surface area contributed by atoms with Gasteiger partial charge in [-0.1, -0.05) is 25.1 Å². The molecule has 1 aromatic carbocycles. The van der Waals surface area contributed by atoms with Crippen molar-refractivity contribution in [1.29, 1.82) is 0 Å². The lowest BCUT2D eigenvalue weighted by molar-refractivity contribution is -0.128. The van der Waals surface area contributed by atoms with E-state index in [9.17, 15) is 4.79 Å². The minimum absolute atomic E-state index is 0.155. The summed E-state index contributed by atoms with van der Waals surface area (Å²) in [5.41, 5.74) is 0.947. The van der Waals surface area contributed by atoms with Gasteiger partial charge in [-0.2, -0.15) is 0 Å². The fourth-order valence-electron chi connectivity index (χ4n) is 2.00. The lowest BCUT2D eigenvalue weighted by Gasteiger charge is -2.18. The number of aromatic nitrogens is 1. The zero-order chi connectivity index (χ0) is 15.8. The highest BCUT2D eigenvalue weighted by Crippen LogP contribution is 2.27.